The molecule has 0 amide bonds. The fraction of sp³-hybridized carbons (Fsp3) is 0.429. The van der Waals surface area contributed by atoms with Crippen LogP contribution in [0.25, 0.3) is 0 Å². The maximum atomic E-state index is 5.83. The van der Waals surface area contributed by atoms with Crippen LogP contribution in [-0.4, -0.2) is 6.54 Å². The molecule has 0 aliphatic carbocycles. The molecule has 0 radical (unpaired) electrons. The molecule has 2 nitrogen and oxygen atoms in total. The third kappa shape index (κ3) is 3.41. The van der Waals surface area contributed by atoms with Crippen LogP contribution in [0.15, 0.2) is 15.9 Å². The molecule has 1 atom stereocenters. The van der Waals surface area contributed by atoms with E-state index < -0.39 is 0 Å². The first kappa shape index (κ1) is 12.4. The smallest absolute Gasteiger partial charge is 0.0402 e. The molecule has 0 aliphatic heterocycles. The van der Waals surface area contributed by atoms with Crippen LogP contribution in [0.5, 0.6) is 0 Å². The second-order valence-electron chi connectivity index (χ2n) is 2.35. The van der Waals surface area contributed by atoms with E-state index >= 15 is 0 Å². The molecule has 12 heavy (non-hydrogen) atoms. The van der Waals surface area contributed by atoms with E-state index in [2.05, 4.69) is 15.9 Å². The van der Waals surface area contributed by atoms with E-state index in [4.69, 9.17) is 11.5 Å². The van der Waals surface area contributed by atoms with Crippen molar-refractivity contribution in [3.63, 3.8) is 0 Å². The van der Waals surface area contributed by atoms with Crippen molar-refractivity contribution in [1.82, 2.24) is 0 Å². The highest BCUT2D eigenvalue weighted by molar-refractivity contribution is 9.10. The second kappa shape index (κ2) is 5.94. The lowest BCUT2D eigenvalue weighted by Crippen LogP contribution is -2.13. The van der Waals surface area contributed by atoms with Crippen molar-refractivity contribution in [2.75, 3.05) is 6.54 Å². The van der Waals surface area contributed by atoms with Gasteiger partial charge < -0.3 is 11.5 Å². The van der Waals surface area contributed by atoms with Gasteiger partial charge in [0.25, 0.3) is 0 Å². The Kier molecular flexibility index (Phi) is 6.13. The van der Waals surface area contributed by atoms with Crippen molar-refractivity contribution in [3.05, 3.63) is 20.8 Å². The summed E-state index contributed by atoms with van der Waals surface area (Å²) >= 11 is 5.05. The van der Waals surface area contributed by atoms with E-state index in [0.717, 1.165) is 10.9 Å². The lowest BCUT2D eigenvalue weighted by molar-refractivity contribution is 0.672. The molecule has 0 aromatic carbocycles. The molecular formula is C7H12BrClN2S. The summed E-state index contributed by atoms with van der Waals surface area (Å²) < 4.78 is 1.10. The van der Waals surface area contributed by atoms with E-state index in [1.165, 1.54) is 4.88 Å². The van der Waals surface area contributed by atoms with Gasteiger partial charge >= 0.3 is 0 Å². The number of rotatable bonds is 3. The summed E-state index contributed by atoms with van der Waals surface area (Å²) in [7, 11) is 0. The van der Waals surface area contributed by atoms with Crippen LogP contribution in [0.3, 0.4) is 0 Å². The minimum Gasteiger partial charge on any atom is -0.330 e. The summed E-state index contributed by atoms with van der Waals surface area (Å²) in [5.41, 5.74) is 11.2. The summed E-state index contributed by atoms with van der Waals surface area (Å²) in [6, 6.07) is 2.15. The molecule has 0 aliphatic rings. The molecule has 1 heterocycles. The number of hydrogen-bond donors (Lipinski definition) is 2. The fourth-order valence-corrected chi connectivity index (χ4v) is 2.33. The molecular weight excluding hydrogens is 260 g/mol. The average molecular weight is 272 g/mol. The first-order chi connectivity index (χ1) is 5.24. The van der Waals surface area contributed by atoms with Crippen molar-refractivity contribution < 1.29 is 0 Å². The SMILES string of the molecule is Cl.NCC[C@H](N)c1cc(Br)cs1. The van der Waals surface area contributed by atoms with Crippen LogP contribution in [-0.2, 0) is 0 Å². The quantitative estimate of drug-likeness (QED) is 0.886. The first-order valence-electron chi connectivity index (χ1n) is 3.43. The number of nitrogens with two attached hydrogens (primary N) is 2. The van der Waals surface area contributed by atoms with Gasteiger partial charge in [0, 0.05) is 20.8 Å². The molecule has 0 fully saturated rings. The Balaban J connectivity index is 0.00000121. The Morgan fingerprint density at radius 1 is 1.58 bits per heavy atom. The summed E-state index contributed by atoms with van der Waals surface area (Å²) in [5.74, 6) is 0. The predicted octanol–water partition coefficient (Wildman–Crippen LogP) is 2.28. The molecule has 4 N–H and O–H groups in total. The standard InChI is InChI=1S/C7H11BrN2S.ClH/c8-5-3-7(11-4-5)6(10)1-2-9;/h3-4,6H,1-2,9-10H2;1H/t6-;/m0./s1. The Morgan fingerprint density at radius 3 is 2.67 bits per heavy atom. The van der Waals surface area contributed by atoms with Crippen LogP contribution in [0.2, 0.25) is 0 Å². The Labute approximate surface area is 90.9 Å². The lowest BCUT2D eigenvalue weighted by Gasteiger charge is -2.05. The van der Waals surface area contributed by atoms with Gasteiger partial charge in [-0.1, -0.05) is 0 Å². The molecule has 1 aromatic rings. The van der Waals surface area contributed by atoms with Gasteiger partial charge in [-0.25, -0.2) is 0 Å². The van der Waals surface area contributed by atoms with Crippen LogP contribution in [0, 0.1) is 0 Å². The third-order valence-electron chi connectivity index (χ3n) is 1.43. The number of hydrogen-bond acceptors (Lipinski definition) is 3. The van der Waals surface area contributed by atoms with Gasteiger partial charge in [0.2, 0.25) is 0 Å². The van der Waals surface area contributed by atoms with E-state index in [1.807, 2.05) is 11.4 Å². The molecule has 0 unspecified atom stereocenters. The van der Waals surface area contributed by atoms with Crippen molar-refractivity contribution in [1.29, 1.82) is 0 Å². The van der Waals surface area contributed by atoms with Crippen LogP contribution < -0.4 is 11.5 Å². The van der Waals surface area contributed by atoms with Gasteiger partial charge in [-0.2, -0.15) is 0 Å². The van der Waals surface area contributed by atoms with Crippen LogP contribution in [0.4, 0.5) is 0 Å². The Hall–Kier alpha value is 0.390. The minimum atomic E-state index is 0. The fourth-order valence-electron chi connectivity index (χ4n) is 0.845. The van der Waals surface area contributed by atoms with Crippen molar-refractivity contribution in [2.45, 2.75) is 12.5 Å². The molecule has 5 heteroatoms. The molecule has 0 bridgehead atoms. The predicted molar refractivity (Wildman–Crippen MR) is 59.9 cm³/mol. The first-order valence-corrected chi connectivity index (χ1v) is 5.11. The summed E-state index contributed by atoms with van der Waals surface area (Å²) in [6.45, 7) is 0.649. The second-order valence-corrected chi connectivity index (χ2v) is 4.21. The lowest BCUT2D eigenvalue weighted by atomic mass is 10.2. The summed E-state index contributed by atoms with van der Waals surface area (Å²) in [4.78, 5) is 1.20. The van der Waals surface area contributed by atoms with Gasteiger partial charge in [-0.3, -0.25) is 0 Å². The number of thiophene rings is 1. The van der Waals surface area contributed by atoms with Crippen molar-refractivity contribution in [2.24, 2.45) is 11.5 Å². The Morgan fingerprint density at radius 2 is 2.25 bits per heavy atom. The zero-order valence-corrected chi connectivity index (χ0v) is 9.71. The van der Waals surface area contributed by atoms with E-state index in [9.17, 15) is 0 Å². The van der Waals surface area contributed by atoms with E-state index in [1.54, 1.807) is 11.3 Å². The third-order valence-corrected chi connectivity index (χ3v) is 3.26. The number of halogens is 2. The maximum Gasteiger partial charge on any atom is 0.0402 e. The normalized spacial score (nSPS) is 12.2. The summed E-state index contributed by atoms with van der Waals surface area (Å²) in [6.07, 6.45) is 0.854. The van der Waals surface area contributed by atoms with Crippen LogP contribution >= 0.6 is 39.7 Å². The van der Waals surface area contributed by atoms with Crippen molar-refractivity contribution in [3.8, 4) is 0 Å². The topological polar surface area (TPSA) is 52.0 Å². The zero-order valence-electron chi connectivity index (χ0n) is 6.50. The molecule has 0 spiro atoms. The molecule has 0 saturated carbocycles. The largest absolute Gasteiger partial charge is 0.330 e. The van der Waals surface area contributed by atoms with Gasteiger partial charge in [-0.15, -0.1) is 23.7 Å². The monoisotopic (exact) mass is 270 g/mol. The minimum absolute atomic E-state index is 0. The summed E-state index contributed by atoms with van der Waals surface area (Å²) in [5, 5.41) is 2.03. The molecule has 70 valence electrons. The van der Waals surface area contributed by atoms with Crippen LogP contribution in [0.1, 0.15) is 17.3 Å². The van der Waals surface area contributed by atoms with Gasteiger partial charge in [0.1, 0.15) is 0 Å². The van der Waals surface area contributed by atoms with Gasteiger partial charge in [-0.05, 0) is 35.0 Å². The van der Waals surface area contributed by atoms with E-state index in [0.29, 0.717) is 6.54 Å². The Bertz CT molecular complexity index is 229. The highest BCUT2D eigenvalue weighted by Crippen LogP contribution is 2.25. The van der Waals surface area contributed by atoms with Gasteiger partial charge in [0.15, 0.2) is 0 Å². The molecule has 0 saturated heterocycles. The maximum absolute atomic E-state index is 5.83. The highest BCUT2D eigenvalue weighted by Gasteiger charge is 2.06. The zero-order chi connectivity index (χ0) is 8.27. The molecule has 1 rings (SSSR count). The highest BCUT2D eigenvalue weighted by atomic mass is 79.9. The van der Waals surface area contributed by atoms with Gasteiger partial charge in [0.05, 0.1) is 0 Å². The van der Waals surface area contributed by atoms with Crippen molar-refractivity contribution >= 4 is 39.7 Å². The van der Waals surface area contributed by atoms with E-state index in [-0.39, 0.29) is 18.4 Å². The average Bonchev–Trinajstić information content (AvgIpc) is 2.36. The molecule has 1 aromatic heterocycles.